The van der Waals surface area contributed by atoms with E-state index in [1.54, 1.807) is 37.5 Å². The van der Waals surface area contributed by atoms with Gasteiger partial charge in [-0.2, -0.15) is 5.10 Å². The molecule has 0 aliphatic carbocycles. The molecule has 1 heterocycles. The van der Waals surface area contributed by atoms with E-state index in [0.717, 1.165) is 16.9 Å². The van der Waals surface area contributed by atoms with E-state index >= 15 is 0 Å². The van der Waals surface area contributed by atoms with E-state index in [2.05, 4.69) is 15.8 Å². The first-order valence-electron chi connectivity index (χ1n) is 7.64. The van der Waals surface area contributed by atoms with Gasteiger partial charge in [0.15, 0.2) is 0 Å². The van der Waals surface area contributed by atoms with E-state index in [9.17, 15) is 19.7 Å². The highest BCUT2D eigenvalue weighted by atomic mass is 32.1. The second-order valence-corrected chi connectivity index (χ2v) is 6.14. The maximum Gasteiger partial charge on any atom is 0.324 e. The molecule has 27 heavy (non-hydrogen) atoms. The molecule has 2 N–H and O–H groups in total. The van der Waals surface area contributed by atoms with Crippen LogP contribution in [0, 0.1) is 10.1 Å². The highest BCUT2D eigenvalue weighted by Gasteiger charge is 2.08. The number of carbonyl (C=O) groups is 2. The molecule has 9 nitrogen and oxygen atoms in total. The standard InChI is InChI=1S/C17H16N4O5S/c1-26-13-5-2-12(3-6-13)4-8-15(22)18-11-16(23)20-19-10-14-7-9-17(27-14)21(24)25/h2-10H,11H2,1H3,(H,18,22)(H,20,23)/b8-4+,19-10-. The number of hydrazone groups is 1. The number of nitrogens with one attached hydrogen (secondary N) is 2. The lowest BCUT2D eigenvalue weighted by Crippen LogP contribution is -2.33. The Morgan fingerprint density at radius 1 is 1.26 bits per heavy atom. The summed E-state index contributed by atoms with van der Waals surface area (Å²) in [6.45, 7) is -0.256. The lowest BCUT2D eigenvalue weighted by atomic mass is 10.2. The van der Waals surface area contributed by atoms with Crippen LogP contribution >= 0.6 is 11.3 Å². The summed E-state index contributed by atoms with van der Waals surface area (Å²) >= 11 is 0.931. The third kappa shape index (κ3) is 6.71. The zero-order valence-electron chi connectivity index (χ0n) is 14.2. The molecule has 0 fully saturated rings. The zero-order valence-corrected chi connectivity index (χ0v) is 15.1. The summed E-state index contributed by atoms with van der Waals surface area (Å²) in [4.78, 5) is 33.9. The van der Waals surface area contributed by atoms with Crippen LogP contribution in [-0.4, -0.2) is 36.6 Å². The monoisotopic (exact) mass is 388 g/mol. The number of benzene rings is 1. The van der Waals surface area contributed by atoms with Crippen molar-refractivity contribution < 1.29 is 19.2 Å². The van der Waals surface area contributed by atoms with Gasteiger partial charge in [0, 0.05) is 12.1 Å². The average molecular weight is 388 g/mol. The van der Waals surface area contributed by atoms with Gasteiger partial charge in [0.2, 0.25) is 5.91 Å². The lowest BCUT2D eigenvalue weighted by Gasteiger charge is -2.01. The molecule has 2 aromatic rings. The quantitative estimate of drug-likeness (QED) is 0.310. The molecule has 0 saturated heterocycles. The minimum Gasteiger partial charge on any atom is -0.497 e. The van der Waals surface area contributed by atoms with Crippen LogP contribution < -0.4 is 15.5 Å². The van der Waals surface area contributed by atoms with Crippen molar-refractivity contribution in [3.8, 4) is 5.75 Å². The van der Waals surface area contributed by atoms with Crippen molar-refractivity contribution in [3.63, 3.8) is 0 Å². The van der Waals surface area contributed by atoms with Gasteiger partial charge in [-0.3, -0.25) is 19.7 Å². The summed E-state index contributed by atoms with van der Waals surface area (Å²) in [7, 11) is 1.57. The molecular weight excluding hydrogens is 372 g/mol. The molecule has 1 aromatic carbocycles. The smallest absolute Gasteiger partial charge is 0.324 e. The largest absolute Gasteiger partial charge is 0.497 e. The third-order valence-electron chi connectivity index (χ3n) is 3.14. The van der Waals surface area contributed by atoms with Crippen molar-refractivity contribution in [1.82, 2.24) is 10.7 Å². The Morgan fingerprint density at radius 3 is 2.63 bits per heavy atom. The minimum absolute atomic E-state index is 0.0151. The van der Waals surface area contributed by atoms with Crippen LogP contribution in [0.5, 0.6) is 5.75 Å². The van der Waals surface area contributed by atoms with Gasteiger partial charge in [-0.25, -0.2) is 5.43 Å². The maximum atomic E-state index is 11.7. The van der Waals surface area contributed by atoms with Gasteiger partial charge in [0.25, 0.3) is 5.91 Å². The SMILES string of the molecule is COc1ccc(/C=C/C(=O)NCC(=O)N/N=C\c2ccc([N+](=O)[O-])s2)cc1. The first-order valence-corrected chi connectivity index (χ1v) is 8.45. The van der Waals surface area contributed by atoms with Gasteiger partial charge < -0.3 is 10.1 Å². The van der Waals surface area contributed by atoms with E-state index < -0.39 is 16.7 Å². The predicted molar refractivity (Wildman–Crippen MR) is 102 cm³/mol. The summed E-state index contributed by atoms with van der Waals surface area (Å²) in [5.41, 5.74) is 3.04. The van der Waals surface area contributed by atoms with Gasteiger partial charge in [-0.1, -0.05) is 23.5 Å². The third-order valence-corrected chi connectivity index (χ3v) is 4.11. The second kappa shape index (κ2) is 9.82. The minimum atomic E-state index is -0.525. The predicted octanol–water partition coefficient (Wildman–Crippen LogP) is 1.94. The van der Waals surface area contributed by atoms with Gasteiger partial charge >= 0.3 is 5.00 Å². The van der Waals surface area contributed by atoms with Crippen molar-refractivity contribution in [2.75, 3.05) is 13.7 Å². The van der Waals surface area contributed by atoms with Crippen LogP contribution in [0.2, 0.25) is 0 Å². The first-order chi connectivity index (χ1) is 13.0. The van der Waals surface area contributed by atoms with E-state index in [4.69, 9.17) is 4.74 Å². The van der Waals surface area contributed by atoms with Gasteiger partial charge in [-0.05, 0) is 29.8 Å². The van der Waals surface area contributed by atoms with Crippen molar-refractivity contribution >= 4 is 40.4 Å². The van der Waals surface area contributed by atoms with Crippen LogP contribution in [0.15, 0.2) is 47.6 Å². The molecule has 0 aliphatic heterocycles. The number of amides is 2. The Morgan fingerprint density at radius 2 is 2.00 bits per heavy atom. The Bertz CT molecular complexity index is 874. The number of hydrogen-bond acceptors (Lipinski definition) is 7. The molecule has 0 saturated carbocycles. The molecule has 1 aromatic heterocycles. The molecule has 0 spiro atoms. The van der Waals surface area contributed by atoms with Crippen molar-refractivity contribution in [1.29, 1.82) is 0 Å². The molecule has 0 aliphatic rings. The normalized spacial score (nSPS) is 10.9. The molecular formula is C17H16N4O5S. The van der Waals surface area contributed by atoms with Gasteiger partial charge in [-0.15, -0.1) is 0 Å². The summed E-state index contributed by atoms with van der Waals surface area (Å²) in [6, 6.07) is 9.99. The van der Waals surface area contributed by atoms with Crippen LogP contribution in [0.25, 0.3) is 6.08 Å². The van der Waals surface area contributed by atoms with Crippen LogP contribution in [0.4, 0.5) is 5.00 Å². The zero-order chi connectivity index (χ0) is 19.6. The van der Waals surface area contributed by atoms with E-state index in [-0.39, 0.29) is 11.5 Å². The first kappa shape index (κ1) is 19.8. The fourth-order valence-electron chi connectivity index (χ4n) is 1.83. The lowest BCUT2D eigenvalue weighted by molar-refractivity contribution is -0.380. The molecule has 0 radical (unpaired) electrons. The Hall–Kier alpha value is -3.53. The van der Waals surface area contributed by atoms with Crippen molar-refractivity contribution in [3.05, 3.63) is 63.0 Å². The van der Waals surface area contributed by atoms with E-state index in [1.165, 1.54) is 24.4 Å². The van der Waals surface area contributed by atoms with E-state index in [0.29, 0.717) is 10.6 Å². The average Bonchev–Trinajstić information content (AvgIpc) is 3.14. The Balaban J connectivity index is 1.73. The molecule has 2 amide bonds. The number of hydrogen-bond donors (Lipinski definition) is 2. The number of methoxy groups -OCH3 is 1. The van der Waals surface area contributed by atoms with E-state index in [1.807, 2.05) is 0 Å². The van der Waals surface area contributed by atoms with Gasteiger partial charge in [0.05, 0.1) is 29.7 Å². The molecule has 2 rings (SSSR count). The summed E-state index contributed by atoms with van der Waals surface area (Å²) in [5, 5.41) is 16.7. The number of carbonyl (C=O) groups excluding carboxylic acids is 2. The molecule has 0 unspecified atom stereocenters. The molecule has 140 valence electrons. The number of thiophene rings is 1. The summed E-state index contributed by atoms with van der Waals surface area (Å²) in [6.07, 6.45) is 4.21. The molecule has 0 bridgehead atoms. The fourth-order valence-corrected chi connectivity index (χ4v) is 2.52. The van der Waals surface area contributed by atoms with Gasteiger partial charge in [0.1, 0.15) is 5.75 Å². The molecule has 10 heteroatoms. The van der Waals surface area contributed by atoms with Crippen molar-refractivity contribution in [2.45, 2.75) is 0 Å². The topological polar surface area (TPSA) is 123 Å². The fraction of sp³-hybridized carbons (Fsp3) is 0.118. The second-order valence-electron chi connectivity index (χ2n) is 5.05. The molecule has 0 atom stereocenters. The number of nitrogens with zero attached hydrogens (tertiary/aromatic N) is 2. The maximum absolute atomic E-state index is 11.7. The van der Waals surface area contributed by atoms with Crippen LogP contribution in [0.3, 0.4) is 0 Å². The number of rotatable bonds is 8. The summed E-state index contributed by atoms with van der Waals surface area (Å²) in [5.74, 6) is -0.242. The van der Waals surface area contributed by atoms with Crippen molar-refractivity contribution in [2.24, 2.45) is 5.10 Å². The Labute approximate surface area is 158 Å². The Kier molecular flexibility index (Phi) is 7.20. The highest BCUT2D eigenvalue weighted by Crippen LogP contribution is 2.22. The number of nitro groups is 1. The summed E-state index contributed by atoms with van der Waals surface area (Å²) < 4.78 is 5.04. The van der Waals surface area contributed by atoms with Crippen LogP contribution in [0.1, 0.15) is 10.4 Å². The van der Waals surface area contributed by atoms with Crippen LogP contribution in [-0.2, 0) is 9.59 Å². The number of ether oxygens (including phenoxy) is 1. The highest BCUT2D eigenvalue weighted by molar-refractivity contribution is 7.16.